The minimum absolute atomic E-state index is 0.0536. The van der Waals surface area contributed by atoms with E-state index in [0.29, 0.717) is 11.4 Å². The van der Waals surface area contributed by atoms with Crippen LogP contribution >= 0.6 is 11.6 Å². The highest BCUT2D eigenvalue weighted by Gasteiger charge is 2.34. The molecule has 2 atom stereocenters. The van der Waals surface area contributed by atoms with Crippen LogP contribution in [0, 0.1) is 13.8 Å². The lowest BCUT2D eigenvalue weighted by molar-refractivity contribution is -0.140. The highest BCUT2D eigenvalue weighted by molar-refractivity contribution is 7.92. The Morgan fingerprint density at radius 2 is 1.60 bits per heavy atom. The Hall–Kier alpha value is -3.36. The number of carbonyl (C=O) groups is 2. The molecule has 0 heterocycles. The molecule has 0 bridgehead atoms. The molecule has 214 valence electrons. The Kier molecular flexibility index (Phi) is 10.8. The monoisotopic (exact) mass is 583 g/mol. The molecule has 0 saturated carbocycles. The van der Waals surface area contributed by atoms with Crippen LogP contribution in [-0.4, -0.2) is 43.8 Å². The first kappa shape index (κ1) is 31.2. The molecule has 0 aromatic heterocycles. The fourth-order valence-corrected chi connectivity index (χ4v) is 5.92. The van der Waals surface area contributed by atoms with E-state index in [1.54, 1.807) is 30.3 Å². The third-order valence-electron chi connectivity index (χ3n) is 6.97. The van der Waals surface area contributed by atoms with Gasteiger partial charge in [0.15, 0.2) is 0 Å². The van der Waals surface area contributed by atoms with Gasteiger partial charge in [-0.25, -0.2) is 8.42 Å². The number of aryl methyl sites for hydroxylation is 2. The summed E-state index contributed by atoms with van der Waals surface area (Å²) in [5.74, 6) is -0.764. The maximum absolute atomic E-state index is 14.1. The quantitative estimate of drug-likeness (QED) is 0.289. The Morgan fingerprint density at radius 1 is 0.925 bits per heavy atom. The largest absolute Gasteiger partial charge is 0.352 e. The average Bonchev–Trinajstić information content (AvgIpc) is 2.92. The van der Waals surface area contributed by atoms with Crippen LogP contribution < -0.4 is 9.62 Å². The number of sulfonamides is 1. The summed E-state index contributed by atoms with van der Waals surface area (Å²) in [5.41, 5.74) is 3.01. The third-order valence-corrected chi connectivity index (χ3v) is 9.00. The van der Waals surface area contributed by atoms with Gasteiger partial charge in [0.25, 0.3) is 10.0 Å². The minimum atomic E-state index is -4.15. The Bertz CT molecular complexity index is 1430. The van der Waals surface area contributed by atoms with Crippen molar-refractivity contribution >= 4 is 39.1 Å². The Balaban J connectivity index is 2.07. The number of nitrogens with zero attached hydrogens (tertiary/aromatic N) is 2. The normalized spacial score (nSPS) is 12.8. The second-order valence-corrected chi connectivity index (χ2v) is 12.3. The summed E-state index contributed by atoms with van der Waals surface area (Å²) >= 11 is 6.24. The second kappa shape index (κ2) is 13.8. The SMILES string of the molecule is CC[C@H](C(=O)N[C@@H](C)CC)N(Cc1ccccc1C)C(=O)CN(c1cccc(Cl)c1)S(=O)(=O)c1ccc(C)cc1. The van der Waals surface area contributed by atoms with E-state index in [0.717, 1.165) is 27.4 Å². The standard InChI is InChI=1S/C31H38ClN3O4S/c1-6-24(5)33-31(37)29(7-2)34(20-25-12-9-8-11-23(25)4)30(36)21-35(27-14-10-13-26(32)19-27)40(38,39)28-17-15-22(3)16-18-28/h8-19,24,29H,6-7,20-21H2,1-5H3,(H,33,37)/t24-,29+/m0/s1. The zero-order valence-corrected chi connectivity index (χ0v) is 25.3. The van der Waals surface area contributed by atoms with Crippen LogP contribution in [0.3, 0.4) is 0 Å². The van der Waals surface area contributed by atoms with Crippen molar-refractivity contribution in [2.24, 2.45) is 0 Å². The van der Waals surface area contributed by atoms with Gasteiger partial charge in [-0.05, 0) is 75.1 Å². The van der Waals surface area contributed by atoms with E-state index in [1.165, 1.54) is 23.1 Å². The lowest BCUT2D eigenvalue weighted by Crippen LogP contribution is -2.53. The lowest BCUT2D eigenvalue weighted by atomic mass is 10.1. The van der Waals surface area contributed by atoms with Crippen molar-refractivity contribution < 1.29 is 18.0 Å². The number of amides is 2. The number of nitrogens with one attached hydrogen (secondary N) is 1. The van der Waals surface area contributed by atoms with E-state index in [-0.39, 0.29) is 29.1 Å². The number of anilines is 1. The van der Waals surface area contributed by atoms with Gasteiger partial charge in [0.1, 0.15) is 12.6 Å². The second-order valence-electron chi connectivity index (χ2n) is 9.99. The Labute approximate surface area is 243 Å². The van der Waals surface area contributed by atoms with Gasteiger partial charge in [0.05, 0.1) is 10.6 Å². The maximum atomic E-state index is 14.1. The van der Waals surface area contributed by atoms with Crippen LogP contribution in [-0.2, 0) is 26.2 Å². The van der Waals surface area contributed by atoms with E-state index in [1.807, 2.05) is 58.9 Å². The molecule has 7 nitrogen and oxygen atoms in total. The van der Waals surface area contributed by atoms with E-state index in [4.69, 9.17) is 11.6 Å². The van der Waals surface area contributed by atoms with Gasteiger partial charge in [-0.15, -0.1) is 0 Å². The van der Waals surface area contributed by atoms with Crippen molar-refractivity contribution in [3.63, 3.8) is 0 Å². The summed E-state index contributed by atoms with van der Waals surface area (Å²) < 4.78 is 28.9. The van der Waals surface area contributed by atoms with Crippen LogP contribution in [0.2, 0.25) is 5.02 Å². The topological polar surface area (TPSA) is 86.8 Å². The zero-order valence-electron chi connectivity index (χ0n) is 23.7. The molecule has 1 N–H and O–H groups in total. The van der Waals surface area contributed by atoms with E-state index < -0.39 is 28.5 Å². The number of benzene rings is 3. The van der Waals surface area contributed by atoms with Crippen LogP contribution in [0.4, 0.5) is 5.69 Å². The van der Waals surface area contributed by atoms with Gasteiger partial charge >= 0.3 is 0 Å². The van der Waals surface area contributed by atoms with Gasteiger partial charge < -0.3 is 10.2 Å². The Morgan fingerprint density at radius 3 is 2.20 bits per heavy atom. The zero-order chi connectivity index (χ0) is 29.4. The molecule has 2 amide bonds. The predicted octanol–water partition coefficient (Wildman–Crippen LogP) is 5.87. The number of hydrogen-bond donors (Lipinski definition) is 1. The summed E-state index contributed by atoms with van der Waals surface area (Å²) in [6, 6.07) is 19.6. The molecule has 3 aromatic rings. The van der Waals surface area contributed by atoms with E-state index >= 15 is 0 Å². The van der Waals surface area contributed by atoms with Gasteiger partial charge in [-0.2, -0.15) is 0 Å². The molecule has 0 radical (unpaired) electrons. The van der Waals surface area contributed by atoms with Crippen LogP contribution in [0.1, 0.15) is 50.3 Å². The fraction of sp³-hybridized carbons (Fsp3) is 0.355. The third kappa shape index (κ3) is 7.64. The van der Waals surface area contributed by atoms with Gasteiger partial charge in [0.2, 0.25) is 11.8 Å². The molecule has 0 aliphatic heterocycles. The summed E-state index contributed by atoms with van der Waals surface area (Å²) in [4.78, 5) is 29.0. The molecule has 0 aliphatic carbocycles. The van der Waals surface area contributed by atoms with Crippen molar-refractivity contribution in [2.75, 3.05) is 10.8 Å². The molecular weight excluding hydrogens is 546 g/mol. The van der Waals surface area contributed by atoms with Crippen LogP contribution in [0.15, 0.2) is 77.7 Å². The molecule has 3 rings (SSSR count). The molecule has 9 heteroatoms. The molecule has 40 heavy (non-hydrogen) atoms. The van der Waals surface area contributed by atoms with Crippen molar-refractivity contribution in [3.8, 4) is 0 Å². The molecule has 0 spiro atoms. The number of halogens is 1. The first-order chi connectivity index (χ1) is 19.0. The predicted molar refractivity (Wildman–Crippen MR) is 161 cm³/mol. The smallest absolute Gasteiger partial charge is 0.264 e. The number of rotatable bonds is 12. The van der Waals surface area contributed by atoms with Gasteiger partial charge in [-0.3, -0.25) is 13.9 Å². The molecule has 0 unspecified atom stereocenters. The summed E-state index contributed by atoms with van der Waals surface area (Å²) in [6.45, 7) is 9.19. The molecular formula is C31H38ClN3O4S. The van der Waals surface area contributed by atoms with Crippen molar-refractivity contribution in [3.05, 3.63) is 94.5 Å². The van der Waals surface area contributed by atoms with E-state index in [9.17, 15) is 18.0 Å². The van der Waals surface area contributed by atoms with E-state index in [2.05, 4.69) is 5.32 Å². The average molecular weight is 584 g/mol. The van der Waals surface area contributed by atoms with Gasteiger partial charge in [0, 0.05) is 17.6 Å². The molecule has 0 fully saturated rings. The van der Waals surface area contributed by atoms with Crippen molar-refractivity contribution in [1.29, 1.82) is 0 Å². The minimum Gasteiger partial charge on any atom is -0.352 e. The highest BCUT2D eigenvalue weighted by Crippen LogP contribution is 2.27. The molecule has 3 aromatic carbocycles. The maximum Gasteiger partial charge on any atom is 0.264 e. The highest BCUT2D eigenvalue weighted by atomic mass is 35.5. The van der Waals surface area contributed by atoms with Crippen molar-refractivity contribution in [2.45, 2.75) is 71.0 Å². The van der Waals surface area contributed by atoms with Crippen LogP contribution in [0.5, 0.6) is 0 Å². The number of carbonyl (C=O) groups excluding carboxylic acids is 2. The molecule has 0 saturated heterocycles. The number of hydrogen-bond acceptors (Lipinski definition) is 4. The first-order valence-electron chi connectivity index (χ1n) is 13.5. The summed E-state index contributed by atoms with van der Waals surface area (Å²) in [5, 5.41) is 3.33. The van der Waals surface area contributed by atoms with Gasteiger partial charge in [-0.1, -0.05) is 73.5 Å². The molecule has 0 aliphatic rings. The van der Waals surface area contributed by atoms with Crippen molar-refractivity contribution in [1.82, 2.24) is 10.2 Å². The van der Waals surface area contributed by atoms with Crippen LogP contribution in [0.25, 0.3) is 0 Å². The fourth-order valence-electron chi connectivity index (χ4n) is 4.33. The summed E-state index contributed by atoms with van der Waals surface area (Å²) in [6.07, 6.45) is 1.10. The summed E-state index contributed by atoms with van der Waals surface area (Å²) in [7, 11) is -4.15. The first-order valence-corrected chi connectivity index (χ1v) is 15.3. The lowest BCUT2D eigenvalue weighted by Gasteiger charge is -2.34.